The molecule has 0 aliphatic carbocycles. The van der Waals surface area contributed by atoms with E-state index in [0.29, 0.717) is 0 Å². The van der Waals surface area contributed by atoms with Gasteiger partial charge in [0, 0.05) is 24.7 Å². The van der Waals surface area contributed by atoms with Crippen LogP contribution >= 0.6 is 10.0 Å². The van der Waals surface area contributed by atoms with Crippen LogP contribution in [0.4, 0.5) is 5.69 Å². The van der Waals surface area contributed by atoms with E-state index in [-0.39, 0.29) is 0 Å². The molecule has 0 radical (unpaired) electrons. The van der Waals surface area contributed by atoms with Crippen molar-refractivity contribution in [2.24, 2.45) is 0 Å². The first-order valence-electron chi connectivity index (χ1n) is 5.82. The van der Waals surface area contributed by atoms with Crippen molar-refractivity contribution in [3.63, 3.8) is 0 Å². The molecule has 0 saturated carbocycles. The van der Waals surface area contributed by atoms with E-state index >= 15 is 0 Å². The largest absolute Gasteiger partial charge is 0.378 e. The first-order chi connectivity index (χ1) is 7.93. The quantitative estimate of drug-likeness (QED) is 0.761. The summed E-state index contributed by atoms with van der Waals surface area (Å²) in [7, 11) is 3.40. The molecular formula is C15H21NS. The third kappa shape index (κ3) is 2.14. The lowest BCUT2D eigenvalue weighted by Gasteiger charge is -2.32. The molecule has 0 N–H and O–H groups in total. The fourth-order valence-electron chi connectivity index (χ4n) is 2.02. The fourth-order valence-corrected chi connectivity index (χ4v) is 3.91. The normalized spacial score (nSPS) is 19.6. The van der Waals surface area contributed by atoms with Gasteiger partial charge < -0.3 is 4.90 Å². The van der Waals surface area contributed by atoms with Crippen LogP contribution in [-0.4, -0.2) is 26.6 Å². The number of hydrogen-bond acceptors (Lipinski definition) is 1. The van der Waals surface area contributed by atoms with Crippen LogP contribution in [0.5, 0.6) is 0 Å². The Hall–Kier alpha value is -1.15. The number of nitrogens with zero attached hydrogens (tertiary/aromatic N) is 1. The Morgan fingerprint density at radius 1 is 0.941 bits per heavy atom. The molecule has 0 saturated heterocycles. The van der Waals surface area contributed by atoms with E-state index in [4.69, 9.17) is 0 Å². The fraction of sp³-hybridized carbons (Fsp3) is 0.333. The van der Waals surface area contributed by atoms with Gasteiger partial charge in [-0.3, -0.25) is 0 Å². The molecule has 0 amide bonds. The van der Waals surface area contributed by atoms with Crippen molar-refractivity contribution < 1.29 is 0 Å². The average molecular weight is 247 g/mol. The van der Waals surface area contributed by atoms with Crippen molar-refractivity contribution in [2.75, 3.05) is 31.5 Å². The van der Waals surface area contributed by atoms with Crippen LogP contribution in [0.3, 0.4) is 0 Å². The van der Waals surface area contributed by atoms with Crippen LogP contribution in [-0.2, 0) is 0 Å². The van der Waals surface area contributed by atoms with Crippen molar-refractivity contribution in [1.29, 1.82) is 0 Å². The molecule has 92 valence electrons. The lowest BCUT2D eigenvalue weighted by atomic mass is 10.2. The molecule has 0 unspecified atom stereocenters. The summed E-state index contributed by atoms with van der Waals surface area (Å²) in [5.74, 6) is 0. The summed E-state index contributed by atoms with van der Waals surface area (Å²) >= 11 is 0. The van der Waals surface area contributed by atoms with Gasteiger partial charge in [-0.05, 0) is 48.1 Å². The van der Waals surface area contributed by atoms with E-state index in [1.807, 2.05) is 0 Å². The highest BCUT2D eigenvalue weighted by atomic mass is 32.3. The summed E-state index contributed by atoms with van der Waals surface area (Å²) in [4.78, 5) is 5.15. The molecule has 17 heavy (non-hydrogen) atoms. The molecule has 1 nitrogen and oxygen atoms in total. The van der Waals surface area contributed by atoms with Crippen LogP contribution in [0.1, 0.15) is 12.5 Å². The summed E-state index contributed by atoms with van der Waals surface area (Å²) in [6, 6.07) is 8.86. The molecular weight excluding hydrogens is 226 g/mol. The molecule has 0 fully saturated rings. The molecule has 1 heterocycles. The lowest BCUT2D eigenvalue weighted by Crippen LogP contribution is -2.08. The monoisotopic (exact) mass is 247 g/mol. The molecule has 1 aromatic carbocycles. The second-order valence-corrected chi connectivity index (χ2v) is 8.81. The third-order valence-electron chi connectivity index (χ3n) is 3.49. The van der Waals surface area contributed by atoms with Gasteiger partial charge in [-0.1, -0.05) is 18.2 Å². The van der Waals surface area contributed by atoms with Gasteiger partial charge in [-0.15, -0.1) is 0 Å². The molecule has 1 aromatic rings. The zero-order chi connectivity index (χ0) is 12.6. The zero-order valence-electron chi connectivity index (χ0n) is 11.3. The molecule has 1 aliphatic rings. The van der Waals surface area contributed by atoms with Crippen molar-refractivity contribution in [3.8, 4) is 0 Å². The highest BCUT2D eigenvalue weighted by molar-refractivity contribution is 8.43. The number of rotatable bonds is 2. The van der Waals surface area contributed by atoms with Gasteiger partial charge in [0.2, 0.25) is 0 Å². The average Bonchev–Trinajstić information content (AvgIpc) is 2.54. The minimum Gasteiger partial charge on any atom is -0.378 e. The predicted molar refractivity (Wildman–Crippen MR) is 81.9 cm³/mol. The highest BCUT2D eigenvalue weighted by Gasteiger charge is 2.24. The Morgan fingerprint density at radius 2 is 1.53 bits per heavy atom. The van der Waals surface area contributed by atoms with Crippen molar-refractivity contribution >= 4 is 20.6 Å². The van der Waals surface area contributed by atoms with Crippen molar-refractivity contribution in [3.05, 3.63) is 46.9 Å². The van der Waals surface area contributed by atoms with E-state index in [0.717, 1.165) is 0 Å². The Kier molecular flexibility index (Phi) is 3.09. The number of allylic oxidation sites excluding steroid dienone is 3. The summed E-state index contributed by atoms with van der Waals surface area (Å²) in [5.41, 5.74) is 2.62. The van der Waals surface area contributed by atoms with Crippen LogP contribution in [0.2, 0.25) is 0 Å². The zero-order valence-corrected chi connectivity index (χ0v) is 12.1. The first-order valence-corrected chi connectivity index (χ1v) is 8.27. The summed E-state index contributed by atoms with van der Waals surface area (Å²) < 4.78 is 0. The number of benzene rings is 1. The van der Waals surface area contributed by atoms with Crippen LogP contribution in [0.25, 0.3) is 4.91 Å². The van der Waals surface area contributed by atoms with Crippen LogP contribution in [0.15, 0.2) is 41.3 Å². The Labute approximate surface area is 106 Å². The van der Waals surface area contributed by atoms with Gasteiger partial charge in [-0.2, -0.15) is 10.0 Å². The van der Waals surface area contributed by atoms with E-state index in [9.17, 15) is 0 Å². The Bertz CT molecular complexity index is 478. The molecule has 0 spiro atoms. The molecule has 2 rings (SSSR count). The van der Waals surface area contributed by atoms with E-state index in [2.05, 4.69) is 74.8 Å². The molecule has 0 bridgehead atoms. The molecule has 0 atom stereocenters. The maximum Gasteiger partial charge on any atom is 0.0361 e. The lowest BCUT2D eigenvalue weighted by molar-refractivity contribution is 1.13. The predicted octanol–water partition coefficient (Wildman–Crippen LogP) is 4.08. The summed E-state index contributed by atoms with van der Waals surface area (Å²) in [6.07, 6.45) is 9.30. The maximum absolute atomic E-state index is 2.37. The van der Waals surface area contributed by atoms with Gasteiger partial charge in [0.05, 0.1) is 0 Å². The summed E-state index contributed by atoms with van der Waals surface area (Å²) in [5, 5.41) is 0. The second kappa shape index (κ2) is 4.26. The van der Waals surface area contributed by atoms with Crippen molar-refractivity contribution in [1.82, 2.24) is 0 Å². The Balaban J connectivity index is 2.32. The maximum atomic E-state index is 2.37. The van der Waals surface area contributed by atoms with Crippen molar-refractivity contribution in [2.45, 2.75) is 6.92 Å². The van der Waals surface area contributed by atoms with Gasteiger partial charge in [0.1, 0.15) is 0 Å². The third-order valence-corrected chi connectivity index (χ3v) is 6.71. The number of hydrogen-bond donors (Lipinski definition) is 0. The standard InChI is InChI=1S/C15H21NS/c1-12-6-11-15(17(12,4)5)13-7-9-14(10-8-13)16(2)3/h6-11H,1-5H3. The molecule has 1 aliphatic heterocycles. The van der Waals surface area contributed by atoms with Crippen LogP contribution < -0.4 is 4.90 Å². The van der Waals surface area contributed by atoms with E-state index in [1.54, 1.807) is 0 Å². The van der Waals surface area contributed by atoms with Gasteiger partial charge >= 0.3 is 0 Å². The Morgan fingerprint density at radius 3 is 1.94 bits per heavy atom. The van der Waals surface area contributed by atoms with Crippen LogP contribution in [0, 0.1) is 0 Å². The smallest absolute Gasteiger partial charge is 0.0361 e. The van der Waals surface area contributed by atoms with E-state index in [1.165, 1.54) is 21.1 Å². The first kappa shape index (κ1) is 12.3. The molecule has 0 aromatic heterocycles. The SMILES string of the molecule is CC1=CC=C(c2ccc(N(C)C)cc2)S1(C)C. The summed E-state index contributed by atoms with van der Waals surface area (Å²) in [6.45, 7) is 2.24. The second-order valence-electron chi connectivity index (χ2n) is 5.08. The number of anilines is 1. The molecule has 2 heteroatoms. The van der Waals surface area contributed by atoms with Gasteiger partial charge in [0.15, 0.2) is 0 Å². The minimum atomic E-state index is -0.743. The highest BCUT2D eigenvalue weighted by Crippen LogP contribution is 2.62. The topological polar surface area (TPSA) is 3.24 Å². The minimum absolute atomic E-state index is 0.743. The van der Waals surface area contributed by atoms with Gasteiger partial charge in [0.25, 0.3) is 0 Å². The van der Waals surface area contributed by atoms with Gasteiger partial charge in [-0.25, -0.2) is 0 Å². The van der Waals surface area contributed by atoms with E-state index < -0.39 is 10.0 Å².